The molecule has 0 bridgehead atoms. The van der Waals surface area contributed by atoms with E-state index in [1.54, 1.807) is 0 Å². The van der Waals surface area contributed by atoms with E-state index in [2.05, 4.69) is 22.5 Å². The number of unbranched alkanes of at least 4 members (excludes halogenated alkanes) is 2. The molecule has 0 radical (unpaired) electrons. The van der Waals surface area contributed by atoms with E-state index in [1.165, 1.54) is 19.3 Å². The van der Waals surface area contributed by atoms with Gasteiger partial charge < -0.3 is 4.57 Å². The monoisotopic (exact) mass is 310 g/mol. The van der Waals surface area contributed by atoms with Crippen LogP contribution in [0.5, 0.6) is 0 Å². The van der Waals surface area contributed by atoms with Gasteiger partial charge in [0.15, 0.2) is 0 Å². The normalized spacial score (nSPS) is 12.6. The van der Waals surface area contributed by atoms with E-state index >= 15 is 0 Å². The summed E-state index contributed by atoms with van der Waals surface area (Å²) in [6, 6.07) is 8.25. The van der Waals surface area contributed by atoms with E-state index in [0.717, 1.165) is 22.7 Å². The third-order valence-electron chi connectivity index (χ3n) is 3.56. The average molecular weight is 311 g/mol. The Hall–Kier alpha value is -0.990. The minimum Gasteiger partial charge on any atom is -0.326 e. The molecule has 20 heavy (non-hydrogen) atoms. The predicted molar refractivity (Wildman–Crippen MR) is 85.5 cm³/mol. The lowest BCUT2D eigenvalue weighted by molar-refractivity contribution is 0.496. The zero-order valence-electron chi connectivity index (χ0n) is 11.7. The van der Waals surface area contributed by atoms with Gasteiger partial charge in [-0.3, -0.25) is 0 Å². The Kier molecular flexibility index (Phi) is 5.93. The van der Waals surface area contributed by atoms with Crippen molar-refractivity contribution in [2.45, 2.75) is 44.5 Å². The van der Waals surface area contributed by atoms with Gasteiger partial charge >= 0.3 is 0 Å². The molecule has 2 rings (SSSR count). The smallest absolute Gasteiger partial charge is 0.0954 e. The SMILES string of the molecule is CCCCCC(c1ccccc1Cl)n1cncc1CCl. The van der Waals surface area contributed by atoms with Crippen molar-refractivity contribution in [1.29, 1.82) is 0 Å². The molecular formula is C16H20Cl2N2. The summed E-state index contributed by atoms with van der Waals surface area (Å²) in [5, 5.41) is 0.809. The second kappa shape index (κ2) is 7.70. The van der Waals surface area contributed by atoms with Crippen LogP contribution in [-0.4, -0.2) is 9.55 Å². The fourth-order valence-corrected chi connectivity index (χ4v) is 2.96. The van der Waals surface area contributed by atoms with Crippen molar-refractivity contribution in [1.82, 2.24) is 9.55 Å². The van der Waals surface area contributed by atoms with Crippen LogP contribution in [0.15, 0.2) is 36.8 Å². The van der Waals surface area contributed by atoms with E-state index in [1.807, 2.05) is 30.7 Å². The van der Waals surface area contributed by atoms with Gasteiger partial charge in [0.25, 0.3) is 0 Å². The van der Waals surface area contributed by atoms with Crippen LogP contribution >= 0.6 is 23.2 Å². The number of hydrogen-bond acceptors (Lipinski definition) is 1. The van der Waals surface area contributed by atoms with Crippen molar-refractivity contribution in [2.75, 3.05) is 0 Å². The molecule has 1 heterocycles. The van der Waals surface area contributed by atoms with Crippen LogP contribution in [0.4, 0.5) is 0 Å². The first kappa shape index (κ1) is 15.4. The van der Waals surface area contributed by atoms with Crippen LogP contribution in [0.3, 0.4) is 0 Å². The maximum atomic E-state index is 6.38. The summed E-state index contributed by atoms with van der Waals surface area (Å²) in [5.74, 6) is 0.467. The van der Waals surface area contributed by atoms with Gasteiger partial charge in [-0.25, -0.2) is 4.98 Å². The van der Waals surface area contributed by atoms with E-state index in [-0.39, 0.29) is 6.04 Å². The third-order valence-corrected chi connectivity index (χ3v) is 4.18. The van der Waals surface area contributed by atoms with Gasteiger partial charge in [0.1, 0.15) is 0 Å². The molecule has 0 fully saturated rings. The van der Waals surface area contributed by atoms with Crippen molar-refractivity contribution in [2.24, 2.45) is 0 Å². The van der Waals surface area contributed by atoms with Crippen LogP contribution in [0, 0.1) is 0 Å². The summed E-state index contributed by atoms with van der Waals surface area (Å²) in [6.07, 6.45) is 8.35. The summed E-state index contributed by atoms with van der Waals surface area (Å²) in [4.78, 5) is 4.23. The van der Waals surface area contributed by atoms with Crippen LogP contribution in [0.25, 0.3) is 0 Å². The lowest BCUT2D eigenvalue weighted by Gasteiger charge is -2.22. The van der Waals surface area contributed by atoms with E-state index in [9.17, 15) is 0 Å². The number of hydrogen-bond donors (Lipinski definition) is 0. The second-order valence-electron chi connectivity index (χ2n) is 4.96. The molecule has 0 aliphatic heterocycles. The van der Waals surface area contributed by atoms with Gasteiger partial charge in [0, 0.05) is 11.2 Å². The van der Waals surface area contributed by atoms with Gasteiger partial charge in [-0.05, 0) is 18.1 Å². The first-order valence-corrected chi connectivity index (χ1v) is 8.00. The first-order chi connectivity index (χ1) is 9.77. The summed E-state index contributed by atoms with van der Waals surface area (Å²) >= 11 is 12.4. The Morgan fingerprint density at radius 1 is 1.25 bits per heavy atom. The molecule has 0 amide bonds. The van der Waals surface area contributed by atoms with Crippen LogP contribution in [0.2, 0.25) is 5.02 Å². The highest BCUT2D eigenvalue weighted by Gasteiger charge is 2.18. The molecule has 4 heteroatoms. The fourth-order valence-electron chi connectivity index (χ4n) is 2.49. The largest absolute Gasteiger partial charge is 0.326 e. The molecule has 0 spiro atoms. The molecule has 0 saturated heterocycles. The minimum atomic E-state index is 0.214. The second-order valence-corrected chi connectivity index (χ2v) is 5.63. The molecule has 1 unspecified atom stereocenters. The highest BCUT2D eigenvalue weighted by molar-refractivity contribution is 6.31. The maximum Gasteiger partial charge on any atom is 0.0954 e. The van der Waals surface area contributed by atoms with Gasteiger partial charge in [-0.1, -0.05) is 56.0 Å². The number of aromatic nitrogens is 2. The number of halogens is 2. The summed E-state index contributed by atoms with van der Waals surface area (Å²) in [7, 11) is 0. The standard InChI is InChI=1S/C16H20Cl2N2/c1-2-3-4-9-16(14-7-5-6-8-15(14)18)20-12-19-11-13(20)10-17/h5-8,11-12,16H,2-4,9-10H2,1H3. The Morgan fingerprint density at radius 3 is 2.75 bits per heavy atom. The summed E-state index contributed by atoms with van der Waals surface area (Å²) in [5.41, 5.74) is 2.18. The molecule has 1 aromatic carbocycles. The molecule has 2 aromatic rings. The van der Waals surface area contributed by atoms with Crippen molar-refractivity contribution in [3.05, 3.63) is 53.1 Å². The number of rotatable bonds is 7. The Labute approximate surface area is 130 Å². The van der Waals surface area contributed by atoms with Crippen LogP contribution in [0.1, 0.15) is 49.9 Å². The number of imidazole rings is 1. The zero-order valence-corrected chi connectivity index (χ0v) is 13.2. The van der Waals surface area contributed by atoms with Crippen molar-refractivity contribution < 1.29 is 0 Å². The Balaban J connectivity index is 2.32. The topological polar surface area (TPSA) is 17.8 Å². The molecule has 0 aliphatic carbocycles. The Bertz CT molecular complexity index is 537. The van der Waals surface area contributed by atoms with Crippen molar-refractivity contribution in [3.8, 4) is 0 Å². The van der Waals surface area contributed by atoms with E-state index in [0.29, 0.717) is 5.88 Å². The predicted octanol–water partition coefficient (Wildman–Crippen LogP) is 5.45. The first-order valence-electron chi connectivity index (χ1n) is 7.09. The van der Waals surface area contributed by atoms with Crippen LogP contribution in [-0.2, 0) is 5.88 Å². The molecule has 108 valence electrons. The maximum absolute atomic E-state index is 6.38. The Morgan fingerprint density at radius 2 is 2.05 bits per heavy atom. The summed E-state index contributed by atoms with van der Waals surface area (Å²) < 4.78 is 2.16. The van der Waals surface area contributed by atoms with Gasteiger partial charge in [0.05, 0.1) is 23.9 Å². The highest BCUT2D eigenvalue weighted by atomic mass is 35.5. The minimum absolute atomic E-state index is 0.214. The molecule has 0 N–H and O–H groups in total. The molecule has 0 saturated carbocycles. The van der Waals surface area contributed by atoms with E-state index in [4.69, 9.17) is 23.2 Å². The summed E-state index contributed by atoms with van der Waals surface area (Å²) in [6.45, 7) is 2.21. The van der Waals surface area contributed by atoms with Gasteiger partial charge in [-0.2, -0.15) is 0 Å². The zero-order chi connectivity index (χ0) is 14.4. The van der Waals surface area contributed by atoms with Crippen molar-refractivity contribution in [3.63, 3.8) is 0 Å². The lowest BCUT2D eigenvalue weighted by atomic mass is 10.00. The average Bonchev–Trinajstić information content (AvgIpc) is 2.93. The molecule has 0 aliphatic rings. The van der Waals surface area contributed by atoms with Gasteiger partial charge in [0.2, 0.25) is 0 Å². The fraction of sp³-hybridized carbons (Fsp3) is 0.438. The van der Waals surface area contributed by atoms with Crippen molar-refractivity contribution >= 4 is 23.2 Å². The number of nitrogens with zero attached hydrogens (tertiary/aromatic N) is 2. The van der Waals surface area contributed by atoms with E-state index < -0.39 is 0 Å². The van der Waals surface area contributed by atoms with Gasteiger partial charge in [-0.15, -0.1) is 11.6 Å². The quantitative estimate of drug-likeness (QED) is 0.491. The number of alkyl halides is 1. The highest BCUT2D eigenvalue weighted by Crippen LogP contribution is 2.31. The molecular weight excluding hydrogens is 291 g/mol. The molecule has 1 atom stereocenters. The molecule has 1 aromatic heterocycles. The number of benzene rings is 1. The molecule has 2 nitrogen and oxygen atoms in total. The van der Waals surface area contributed by atoms with Crippen LogP contribution < -0.4 is 0 Å². The lowest BCUT2D eigenvalue weighted by Crippen LogP contribution is -2.12. The third kappa shape index (κ3) is 3.56.